The Morgan fingerprint density at radius 1 is 0.636 bits per heavy atom. The fourth-order valence-electron chi connectivity index (χ4n) is 2.90. The average Bonchev–Trinajstić information content (AvgIpc) is 3.21. The molecule has 174 valence electrons. The van der Waals surface area contributed by atoms with Gasteiger partial charge < -0.3 is 4.42 Å². The van der Waals surface area contributed by atoms with Crippen molar-refractivity contribution in [2.24, 2.45) is 20.3 Å². The van der Waals surface area contributed by atoms with Crippen LogP contribution in [0.25, 0.3) is 0 Å². The number of hydrogen-bond donors (Lipinski definition) is 2. The molecule has 0 saturated carbocycles. The standard InChI is InChI=1S/C22H24N4O5S2/c23-32(27,28)21-7-1-17(2-8-21)11-13-25-15-19-5-6-20(31-19)16-26-14-12-18-3-9-22(10-4-18)33(24,29)30/h1-10,15-16H,11-14H2,(H2,23,27,28)(H2,24,29,30). The van der Waals surface area contributed by atoms with Crippen LogP contribution in [-0.2, 0) is 32.9 Å². The van der Waals surface area contributed by atoms with Gasteiger partial charge in [0.05, 0.1) is 22.2 Å². The number of nitrogens with two attached hydrogens (primary N) is 2. The zero-order valence-electron chi connectivity index (χ0n) is 17.7. The van der Waals surface area contributed by atoms with Crippen LogP contribution in [-0.4, -0.2) is 42.4 Å². The third kappa shape index (κ3) is 7.75. The summed E-state index contributed by atoms with van der Waals surface area (Å²) in [5, 5.41) is 10.2. The number of benzene rings is 2. The second-order valence-electron chi connectivity index (χ2n) is 7.19. The van der Waals surface area contributed by atoms with Crippen LogP contribution >= 0.6 is 0 Å². The molecule has 33 heavy (non-hydrogen) atoms. The van der Waals surface area contributed by atoms with Crippen molar-refractivity contribution in [1.82, 2.24) is 0 Å². The predicted molar refractivity (Wildman–Crippen MR) is 127 cm³/mol. The molecule has 4 N–H and O–H groups in total. The van der Waals surface area contributed by atoms with Crippen molar-refractivity contribution in [1.29, 1.82) is 0 Å². The van der Waals surface area contributed by atoms with Crippen LogP contribution in [0.15, 0.2) is 84.9 Å². The number of primary sulfonamides is 2. The maximum absolute atomic E-state index is 11.3. The van der Waals surface area contributed by atoms with Crippen molar-refractivity contribution in [3.63, 3.8) is 0 Å². The molecule has 3 rings (SSSR count). The number of nitrogens with zero attached hydrogens (tertiary/aromatic N) is 2. The minimum absolute atomic E-state index is 0.0829. The fraction of sp³-hybridized carbons (Fsp3) is 0.182. The molecule has 9 nitrogen and oxygen atoms in total. The van der Waals surface area contributed by atoms with E-state index >= 15 is 0 Å². The smallest absolute Gasteiger partial charge is 0.238 e. The van der Waals surface area contributed by atoms with Gasteiger partial charge in [-0.2, -0.15) is 0 Å². The Morgan fingerprint density at radius 2 is 1.00 bits per heavy atom. The molecule has 0 spiro atoms. The van der Waals surface area contributed by atoms with Gasteiger partial charge in [0.2, 0.25) is 20.0 Å². The van der Waals surface area contributed by atoms with Crippen molar-refractivity contribution >= 4 is 32.5 Å². The summed E-state index contributed by atoms with van der Waals surface area (Å²) in [6.07, 6.45) is 4.55. The van der Waals surface area contributed by atoms with Crippen LogP contribution in [0.4, 0.5) is 0 Å². The van der Waals surface area contributed by atoms with Crippen molar-refractivity contribution < 1.29 is 21.3 Å². The maximum atomic E-state index is 11.3. The van der Waals surface area contributed by atoms with Crippen LogP contribution in [0.1, 0.15) is 22.6 Å². The number of sulfonamides is 2. The highest BCUT2D eigenvalue weighted by Crippen LogP contribution is 2.11. The van der Waals surface area contributed by atoms with Gasteiger partial charge >= 0.3 is 0 Å². The Balaban J connectivity index is 1.43. The van der Waals surface area contributed by atoms with Crippen LogP contribution in [0.2, 0.25) is 0 Å². The molecule has 2 aromatic carbocycles. The average molecular weight is 489 g/mol. The lowest BCUT2D eigenvalue weighted by atomic mass is 10.1. The van der Waals surface area contributed by atoms with Gasteiger partial charge in [0.1, 0.15) is 11.5 Å². The van der Waals surface area contributed by atoms with E-state index in [1.54, 1.807) is 48.8 Å². The molecule has 11 heteroatoms. The predicted octanol–water partition coefficient (Wildman–Crippen LogP) is 1.90. The Morgan fingerprint density at radius 3 is 1.33 bits per heavy atom. The van der Waals surface area contributed by atoms with Crippen molar-refractivity contribution in [2.45, 2.75) is 22.6 Å². The highest BCUT2D eigenvalue weighted by molar-refractivity contribution is 7.89. The van der Waals surface area contributed by atoms with Gasteiger partial charge in [0.15, 0.2) is 0 Å². The van der Waals surface area contributed by atoms with Crippen molar-refractivity contribution in [2.75, 3.05) is 13.1 Å². The number of aliphatic imine (C=N–C) groups is 2. The molecule has 0 amide bonds. The summed E-state index contributed by atoms with van der Waals surface area (Å²) in [7, 11) is -7.37. The molecule has 1 heterocycles. The Bertz CT molecular complexity index is 1240. The van der Waals surface area contributed by atoms with E-state index in [4.69, 9.17) is 14.7 Å². The van der Waals surface area contributed by atoms with E-state index < -0.39 is 20.0 Å². The van der Waals surface area contributed by atoms with Gasteiger partial charge in [-0.25, -0.2) is 27.1 Å². The van der Waals surface area contributed by atoms with Crippen LogP contribution in [0.5, 0.6) is 0 Å². The first-order valence-electron chi connectivity index (χ1n) is 9.94. The molecular formula is C22H24N4O5S2. The lowest BCUT2D eigenvalue weighted by Gasteiger charge is -2.01. The lowest BCUT2D eigenvalue weighted by molar-refractivity contribution is 0.553. The summed E-state index contributed by atoms with van der Waals surface area (Å²) >= 11 is 0. The summed E-state index contributed by atoms with van der Waals surface area (Å²) in [4.78, 5) is 8.81. The molecule has 0 atom stereocenters. The van der Waals surface area contributed by atoms with Gasteiger partial charge in [-0.3, -0.25) is 9.98 Å². The normalized spacial score (nSPS) is 12.7. The van der Waals surface area contributed by atoms with E-state index in [2.05, 4.69) is 9.98 Å². The molecule has 0 unspecified atom stereocenters. The van der Waals surface area contributed by atoms with E-state index in [1.165, 1.54) is 24.3 Å². The van der Waals surface area contributed by atoms with Gasteiger partial charge in [-0.15, -0.1) is 0 Å². The summed E-state index contributed by atoms with van der Waals surface area (Å²) in [5.74, 6) is 1.19. The van der Waals surface area contributed by atoms with Crippen LogP contribution in [0, 0.1) is 0 Å². The highest BCUT2D eigenvalue weighted by atomic mass is 32.2. The SMILES string of the molecule is NS(=O)(=O)c1ccc(CCN=Cc2ccc(C=NCCc3ccc(S(N)(=O)=O)cc3)o2)cc1. The molecule has 0 aliphatic heterocycles. The largest absolute Gasteiger partial charge is 0.454 e. The van der Waals surface area contributed by atoms with Gasteiger partial charge in [-0.1, -0.05) is 24.3 Å². The lowest BCUT2D eigenvalue weighted by Crippen LogP contribution is -2.11. The van der Waals surface area contributed by atoms with E-state index in [9.17, 15) is 16.8 Å². The summed E-state index contributed by atoms with van der Waals surface area (Å²) in [6.45, 7) is 1.03. The first-order valence-corrected chi connectivity index (χ1v) is 13.0. The fourth-order valence-corrected chi connectivity index (χ4v) is 3.93. The van der Waals surface area contributed by atoms with Gasteiger partial charge in [0, 0.05) is 13.1 Å². The summed E-state index contributed by atoms with van der Waals surface area (Å²) < 4.78 is 50.7. The molecule has 0 fully saturated rings. The first kappa shape index (κ1) is 24.5. The Labute approximate surface area is 193 Å². The topological polar surface area (TPSA) is 158 Å². The van der Waals surface area contributed by atoms with E-state index in [0.29, 0.717) is 37.5 Å². The van der Waals surface area contributed by atoms with E-state index in [1.807, 2.05) is 0 Å². The molecule has 0 aliphatic carbocycles. The molecule has 0 saturated heterocycles. The summed E-state index contributed by atoms with van der Waals surface area (Å²) in [6, 6.07) is 16.3. The van der Waals surface area contributed by atoms with Crippen molar-refractivity contribution in [3.8, 4) is 0 Å². The third-order valence-electron chi connectivity index (χ3n) is 4.65. The van der Waals surface area contributed by atoms with E-state index in [0.717, 1.165) is 11.1 Å². The Kier molecular flexibility index (Phi) is 7.92. The molecule has 0 radical (unpaired) electrons. The van der Waals surface area contributed by atoms with Crippen molar-refractivity contribution in [3.05, 3.63) is 83.3 Å². The van der Waals surface area contributed by atoms with Gasteiger partial charge in [-0.05, 0) is 60.4 Å². The molecule has 3 aromatic rings. The number of furan rings is 1. The van der Waals surface area contributed by atoms with E-state index in [-0.39, 0.29) is 9.79 Å². The first-order chi connectivity index (χ1) is 15.6. The van der Waals surface area contributed by atoms with Gasteiger partial charge in [0.25, 0.3) is 0 Å². The van der Waals surface area contributed by atoms with Crippen LogP contribution < -0.4 is 10.3 Å². The summed E-state index contributed by atoms with van der Waals surface area (Å²) in [5.41, 5.74) is 1.90. The highest BCUT2D eigenvalue weighted by Gasteiger charge is 2.07. The second-order valence-corrected chi connectivity index (χ2v) is 10.3. The minimum atomic E-state index is -3.68. The quantitative estimate of drug-likeness (QED) is 0.416. The molecule has 0 bridgehead atoms. The minimum Gasteiger partial charge on any atom is -0.454 e. The zero-order valence-corrected chi connectivity index (χ0v) is 19.3. The molecule has 1 aromatic heterocycles. The Hall–Kier alpha value is -3.12. The van der Waals surface area contributed by atoms with Crippen LogP contribution in [0.3, 0.4) is 0 Å². The number of rotatable bonds is 10. The second kappa shape index (κ2) is 10.7. The molecule has 0 aliphatic rings. The third-order valence-corrected chi connectivity index (χ3v) is 6.51. The zero-order chi connectivity index (χ0) is 23.9. The maximum Gasteiger partial charge on any atom is 0.238 e. The monoisotopic (exact) mass is 488 g/mol. The number of hydrogen-bond acceptors (Lipinski definition) is 7. The molecular weight excluding hydrogens is 464 g/mol.